The number of nitrogens with zero attached hydrogens (tertiary/aromatic N) is 2. The monoisotopic (exact) mass is 437 g/mol. The van der Waals surface area contributed by atoms with E-state index in [1.165, 1.54) is 30.0 Å². The molecule has 0 aliphatic rings. The Morgan fingerprint density at radius 1 is 1.24 bits per heavy atom. The number of anilines is 2. The lowest BCUT2D eigenvalue weighted by Crippen LogP contribution is -2.32. The largest absolute Gasteiger partial charge is 0.325 e. The van der Waals surface area contributed by atoms with Crippen LogP contribution in [0.5, 0.6) is 0 Å². The Kier molecular flexibility index (Phi) is 7.63. The van der Waals surface area contributed by atoms with Gasteiger partial charge in [-0.25, -0.2) is 8.42 Å². The van der Waals surface area contributed by atoms with Gasteiger partial charge in [-0.15, -0.1) is 11.8 Å². The quantitative estimate of drug-likeness (QED) is 0.363. The van der Waals surface area contributed by atoms with Gasteiger partial charge in [-0.1, -0.05) is 18.2 Å². The molecule has 0 spiro atoms. The van der Waals surface area contributed by atoms with Gasteiger partial charge in [0.25, 0.3) is 5.69 Å². The summed E-state index contributed by atoms with van der Waals surface area (Å²) in [6, 6.07) is 11.5. The first-order chi connectivity index (χ1) is 13.6. The Morgan fingerprint density at radius 2 is 1.93 bits per heavy atom. The van der Waals surface area contributed by atoms with Gasteiger partial charge in [0.1, 0.15) is 0 Å². The van der Waals surface area contributed by atoms with Crippen LogP contribution in [0.2, 0.25) is 0 Å². The summed E-state index contributed by atoms with van der Waals surface area (Å²) >= 11 is 1.51. The van der Waals surface area contributed by atoms with Crippen LogP contribution in [0.25, 0.3) is 0 Å². The minimum atomic E-state index is -3.67. The van der Waals surface area contributed by atoms with Gasteiger partial charge in [0.2, 0.25) is 15.9 Å². The summed E-state index contributed by atoms with van der Waals surface area (Å²) in [5.74, 6) is -0.226. The molecule has 0 aliphatic heterocycles. The van der Waals surface area contributed by atoms with E-state index in [2.05, 4.69) is 5.32 Å². The minimum absolute atomic E-state index is 0.0401. The highest BCUT2D eigenvalue weighted by Crippen LogP contribution is 2.28. The molecule has 1 amide bonds. The van der Waals surface area contributed by atoms with E-state index in [-0.39, 0.29) is 36.7 Å². The molecule has 0 aliphatic carbocycles. The van der Waals surface area contributed by atoms with Gasteiger partial charge in [0.15, 0.2) is 0 Å². The average molecular weight is 438 g/mol. The Balaban J connectivity index is 2.10. The van der Waals surface area contributed by atoms with Crippen molar-refractivity contribution < 1.29 is 18.1 Å². The first kappa shape index (κ1) is 22.7. The van der Waals surface area contributed by atoms with Crippen LogP contribution in [-0.2, 0) is 14.8 Å². The predicted molar refractivity (Wildman–Crippen MR) is 116 cm³/mol. The molecule has 2 aromatic carbocycles. The van der Waals surface area contributed by atoms with Crippen LogP contribution >= 0.6 is 11.8 Å². The molecule has 1 N–H and O–H groups in total. The highest BCUT2D eigenvalue weighted by molar-refractivity contribution is 7.98. The molecule has 0 radical (unpaired) electrons. The summed E-state index contributed by atoms with van der Waals surface area (Å²) in [7, 11) is -3.67. The molecule has 0 atom stereocenters. The number of amides is 1. The third-order valence-electron chi connectivity index (χ3n) is 4.22. The molecular weight excluding hydrogens is 414 g/mol. The number of hydrogen-bond donors (Lipinski definition) is 1. The molecule has 0 bridgehead atoms. The number of thioether (sulfide) groups is 1. The van der Waals surface area contributed by atoms with Crippen LogP contribution in [0.4, 0.5) is 17.1 Å². The Hall–Kier alpha value is -2.59. The highest BCUT2D eigenvalue weighted by Gasteiger charge is 2.22. The zero-order chi connectivity index (χ0) is 21.6. The summed E-state index contributed by atoms with van der Waals surface area (Å²) < 4.78 is 25.6. The zero-order valence-corrected chi connectivity index (χ0v) is 18.0. The molecule has 0 saturated heterocycles. The second-order valence-electron chi connectivity index (χ2n) is 6.42. The van der Waals surface area contributed by atoms with Crippen molar-refractivity contribution in [2.75, 3.05) is 28.7 Å². The van der Waals surface area contributed by atoms with Gasteiger partial charge in [-0.3, -0.25) is 19.2 Å². The van der Waals surface area contributed by atoms with E-state index >= 15 is 0 Å². The summed E-state index contributed by atoms with van der Waals surface area (Å²) in [6.45, 7) is 1.72. The van der Waals surface area contributed by atoms with Gasteiger partial charge in [0.05, 0.1) is 22.6 Å². The number of nitrogens with one attached hydrogen (secondary N) is 1. The first-order valence-corrected chi connectivity index (χ1v) is 11.9. The number of nitro groups is 1. The number of carbonyl (C=O) groups is 1. The zero-order valence-electron chi connectivity index (χ0n) is 16.4. The number of para-hydroxylation sites is 1. The van der Waals surface area contributed by atoms with E-state index in [0.717, 1.165) is 15.5 Å². The van der Waals surface area contributed by atoms with Crippen LogP contribution in [0.1, 0.15) is 18.4 Å². The van der Waals surface area contributed by atoms with Crippen LogP contribution in [0, 0.1) is 17.0 Å². The molecule has 0 fully saturated rings. The van der Waals surface area contributed by atoms with E-state index in [1.807, 2.05) is 24.5 Å². The van der Waals surface area contributed by atoms with Crippen molar-refractivity contribution in [3.8, 4) is 0 Å². The fourth-order valence-electron chi connectivity index (χ4n) is 2.79. The average Bonchev–Trinajstić information content (AvgIpc) is 2.65. The molecule has 156 valence electrons. The molecule has 0 heterocycles. The van der Waals surface area contributed by atoms with Crippen molar-refractivity contribution in [2.45, 2.75) is 24.7 Å². The summed E-state index contributed by atoms with van der Waals surface area (Å²) in [4.78, 5) is 23.7. The van der Waals surface area contributed by atoms with E-state index in [1.54, 1.807) is 13.0 Å². The van der Waals surface area contributed by atoms with Crippen molar-refractivity contribution >= 4 is 44.8 Å². The minimum Gasteiger partial charge on any atom is -0.325 e. The summed E-state index contributed by atoms with van der Waals surface area (Å²) in [6.07, 6.45) is 3.33. The normalized spacial score (nSPS) is 11.1. The van der Waals surface area contributed by atoms with E-state index in [0.29, 0.717) is 11.3 Å². The number of benzene rings is 2. The Morgan fingerprint density at radius 3 is 2.55 bits per heavy atom. The standard InChI is InChI=1S/C19H23N3O5S2/c1-14-10-11-15(22(24)25)13-17(14)21(29(3,26)27)12-6-9-19(23)20-16-7-4-5-8-18(16)28-2/h4-5,7-8,10-11,13H,6,9,12H2,1-3H3,(H,20,23). The Bertz CT molecular complexity index is 1010. The highest BCUT2D eigenvalue weighted by atomic mass is 32.2. The van der Waals surface area contributed by atoms with Crippen LogP contribution in [0.3, 0.4) is 0 Å². The second kappa shape index (κ2) is 9.75. The van der Waals surface area contributed by atoms with E-state index < -0.39 is 14.9 Å². The van der Waals surface area contributed by atoms with Crippen molar-refractivity contribution in [3.05, 3.63) is 58.1 Å². The van der Waals surface area contributed by atoms with Crippen LogP contribution in [-0.4, -0.2) is 38.3 Å². The van der Waals surface area contributed by atoms with Gasteiger partial charge >= 0.3 is 0 Å². The summed E-state index contributed by atoms with van der Waals surface area (Å²) in [5, 5.41) is 13.9. The lowest BCUT2D eigenvalue weighted by atomic mass is 10.1. The lowest BCUT2D eigenvalue weighted by Gasteiger charge is -2.24. The topological polar surface area (TPSA) is 110 Å². The fourth-order valence-corrected chi connectivity index (χ4v) is 4.36. The first-order valence-electron chi connectivity index (χ1n) is 8.79. The fraction of sp³-hybridized carbons (Fsp3) is 0.316. The maximum absolute atomic E-state index is 12.3. The molecule has 0 unspecified atom stereocenters. The van der Waals surface area contributed by atoms with Crippen molar-refractivity contribution in [2.24, 2.45) is 0 Å². The van der Waals surface area contributed by atoms with Gasteiger partial charge < -0.3 is 5.32 Å². The van der Waals surface area contributed by atoms with Crippen molar-refractivity contribution in [1.29, 1.82) is 0 Å². The number of carbonyl (C=O) groups excluding carboxylic acids is 1. The number of nitro benzene ring substituents is 1. The van der Waals surface area contributed by atoms with E-state index in [4.69, 9.17) is 0 Å². The maximum atomic E-state index is 12.3. The molecular formula is C19H23N3O5S2. The number of sulfonamides is 1. The van der Waals surface area contributed by atoms with Crippen molar-refractivity contribution in [3.63, 3.8) is 0 Å². The molecule has 29 heavy (non-hydrogen) atoms. The maximum Gasteiger partial charge on any atom is 0.271 e. The van der Waals surface area contributed by atoms with Gasteiger partial charge in [-0.05, 0) is 37.3 Å². The van der Waals surface area contributed by atoms with Crippen LogP contribution in [0.15, 0.2) is 47.4 Å². The lowest BCUT2D eigenvalue weighted by molar-refractivity contribution is -0.384. The molecule has 2 rings (SSSR count). The Labute approximate surface area is 174 Å². The van der Waals surface area contributed by atoms with Gasteiger partial charge in [-0.2, -0.15) is 0 Å². The number of rotatable bonds is 9. The molecule has 0 aromatic heterocycles. The number of hydrogen-bond acceptors (Lipinski definition) is 6. The molecule has 2 aromatic rings. The SMILES string of the molecule is CSc1ccccc1NC(=O)CCCN(c1cc([N+](=O)[O-])ccc1C)S(C)(=O)=O. The second-order valence-corrected chi connectivity index (χ2v) is 9.17. The van der Waals surface area contributed by atoms with Crippen LogP contribution < -0.4 is 9.62 Å². The molecule has 0 saturated carbocycles. The van der Waals surface area contributed by atoms with Crippen molar-refractivity contribution in [1.82, 2.24) is 0 Å². The number of aryl methyl sites for hydroxylation is 1. The molecule has 8 nitrogen and oxygen atoms in total. The number of non-ortho nitro benzene ring substituents is 1. The molecule has 10 heteroatoms. The third-order valence-corrected chi connectivity index (χ3v) is 6.19. The third kappa shape index (κ3) is 6.20. The van der Waals surface area contributed by atoms with E-state index in [9.17, 15) is 23.3 Å². The van der Waals surface area contributed by atoms with Gasteiger partial charge in [0, 0.05) is 30.0 Å². The predicted octanol–water partition coefficient (Wildman–Crippen LogP) is 3.81. The summed E-state index contributed by atoms with van der Waals surface area (Å²) in [5.41, 5.74) is 1.36. The smallest absolute Gasteiger partial charge is 0.271 e.